The summed E-state index contributed by atoms with van der Waals surface area (Å²) in [4.78, 5) is 39.5. The van der Waals surface area contributed by atoms with Gasteiger partial charge in [0.15, 0.2) is 25.1 Å². The summed E-state index contributed by atoms with van der Waals surface area (Å²) in [6.45, 7) is -2.97. The molecule has 0 radical (unpaired) electrons. The van der Waals surface area contributed by atoms with Gasteiger partial charge < -0.3 is 116 Å². The highest BCUT2D eigenvalue weighted by atomic mass is 16.4. The van der Waals surface area contributed by atoms with Crippen molar-refractivity contribution in [1.82, 2.24) is 0 Å². The number of carbonyl (C=O) groups excluding carboxylic acids is 4. The van der Waals surface area contributed by atoms with Crippen LogP contribution in [0, 0.1) is 0 Å². The average molecular weight is 691 g/mol. The third-order valence-corrected chi connectivity index (χ3v) is 5.33. The number of aliphatic hydroxyl groups is 19. The Bertz CT molecular complexity index is 685. The van der Waals surface area contributed by atoms with Gasteiger partial charge in [0.1, 0.15) is 91.6 Å². The number of aliphatic hydroxyl groups excluding tert-OH is 19. The van der Waals surface area contributed by atoms with Crippen molar-refractivity contribution >= 4 is 25.1 Å². The molecule has 19 N–H and O–H groups in total. The van der Waals surface area contributed by atoms with E-state index in [0.29, 0.717) is 0 Å². The predicted molar refractivity (Wildman–Crippen MR) is 143 cm³/mol. The highest BCUT2D eigenvalue weighted by molar-refractivity contribution is 5.57. The molecule has 0 bridgehead atoms. The summed E-state index contributed by atoms with van der Waals surface area (Å²) in [5.41, 5.74) is 0. The van der Waals surface area contributed by atoms with Crippen LogP contribution in [0.3, 0.4) is 0 Å². The van der Waals surface area contributed by atoms with Gasteiger partial charge in [-0.25, -0.2) is 0 Å². The minimum Gasteiger partial charge on any atom is -0.394 e. The highest BCUT2D eigenvalue weighted by Gasteiger charge is 2.31. The molecule has 0 aromatic rings. The summed E-state index contributed by atoms with van der Waals surface area (Å²) >= 11 is 0. The first-order valence-electron chi connectivity index (χ1n) is 12.7. The molecule has 0 spiro atoms. The number of hydrogen-bond donors (Lipinski definition) is 19. The topological polar surface area (TPSA) is 453 Å². The lowest BCUT2D eigenvalue weighted by molar-refractivity contribution is -0.136. The maximum atomic E-state index is 9.90. The summed E-state index contributed by atoms with van der Waals surface area (Å²) in [6.07, 6.45) is -25.1. The average Bonchev–Trinajstić information content (AvgIpc) is 3.09. The fourth-order valence-corrected chi connectivity index (χ4v) is 2.27. The van der Waals surface area contributed by atoms with Crippen molar-refractivity contribution < 1.29 is 116 Å². The second kappa shape index (κ2) is 29.1. The maximum Gasteiger partial charge on any atom is 0.151 e. The standard InChI is InChI=1S/3C6H12O6.C5H10O5/c3*7-1-3(9)5(11)6(12)4(10)2-8;6-1-3(8)5(10)4(9)2-7/h3*1,3-6,8-12H,2H2;1,3-5,7-10H,2H2/t3-,4+,5+,6+;3-,4+,5+,6-;3-,4+,5-,6-;3-,4-,5+/m0001/s1. The minimum absolute atomic E-state index is 0.0258. The van der Waals surface area contributed by atoms with Crippen molar-refractivity contribution in [3.63, 3.8) is 0 Å². The second-order valence-corrected chi connectivity index (χ2v) is 8.94. The Morgan fingerprint density at radius 1 is 0.283 bits per heavy atom. The molecule has 0 unspecified atom stereocenters. The molecule has 0 heterocycles. The van der Waals surface area contributed by atoms with Crippen LogP contribution in [-0.4, -0.2) is 240 Å². The van der Waals surface area contributed by atoms with Crippen molar-refractivity contribution in [2.24, 2.45) is 0 Å². The fraction of sp³-hybridized carbons (Fsp3) is 0.826. The van der Waals surface area contributed by atoms with Crippen molar-refractivity contribution in [2.75, 3.05) is 26.4 Å². The normalized spacial score (nSPS) is 20.8. The van der Waals surface area contributed by atoms with Gasteiger partial charge in [0, 0.05) is 0 Å². The zero-order valence-corrected chi connectivity index (χ0v) is 23.9. The van der Waals surface area contributed by atoms with Crippen molar-refractivity contribution in [2.45, 2.75) is 91.6 Å². The predicted octanol–water partition coefficient (Wildman–Crippen LogP) is -12.9. The van der Waals surface area contributed by atoms with Crippen LogP contribution in [0.1, 0.15) is 0 Å². The molecule has 0 fully saturated rings. The molecule has 0 rings (SSSR count). The third-order valence-electron chi connectivity index (χ3n) is 5.33. The second-order valence-electron chi connectivity index (χ2n) is 8.94. The van der Waals surface area contributed by atoms with Gasteiger partial charge in [0.05, 0.1) is 26.4 Å². The van der Waals surface area contributed by atoms with Gasteiger partial charge in [0.25, 0.3) is 0 Å². The van der Waals surface area contributed by atoms with Gasteiger partial charge in [-0.2, -0.15) is 0 Å². The lowest BCUT2D eigenvalue weighted by Crippen LogP contribution is -2.46. The molecule has 276 valence electrons. The van der Waals surface area contributed by atoms with E-state index in [4.69, 9.17) is 97.0 Å². The quantitative estimate of drug-likeness (QED) is 0.0559. The molecule has 0 amide bonds. The summed E-state index contributed by atoms with van der Waals surface area (Å²) in [5.74, 6) is 0. The van der Waals surface area contributed by atoms with E-state index in [-0.39, 0.29) is 25.1 Å². The molecule has 0 saturated heterocycles. The Hall–Kier alpha value is -2.08. The van der Waals surface area contributed by atoms with Crippen LogP contribution >= 0.6 is 0 Å². The lowest BCUT2D eigenvalue weighted by atomic mass is 10.0. The molecule has 0 aliphatic carbocycles. The highest BCUT2D eigenvalue weighted by Crippen LogP contribution is 2.05. The van der Waals surface area contributed by atoms with Crippen LogP contribution in [0.4, 0.5) is 0 Å². The van der Waals surface area contributed by atoms with Crippen LogP contribution in [0.15, 0.2) is 0 Å². The van der Waals surface area contributed by atoms with Gasteiger partial charge in [0.2, 0.25) is 0 Å². The number of aldehydes is 4. The Kier molecular flexibility index (Phi) is 32.1. The zero-order chi connectivity index (χ0) is 37.3. The van der Waals surface area contributed by atoms with E-state index in [1.807, 2.05) is 0 Å². The van der Waals surface area contributed by atoms with Gasteiger partial charge in [-0.3, -0.25) is 0 Å². The first-order chi connectivity index (χ1) is 21.2. The Morgan fingerprint density at radius 3 is 0.587 bits per heavy atom. The smallest absolute Gasteiger partial charge is 0.151 e. The van der Waals surface area contributed by atoms with E-state index >= 15 is 0 Å². The van der Waals surface area contributed by atoms with Crippen LogP contribution < -0.4 is 0 Å². The van der Waals surface area contributed by atoms with E-state index in [1.165, 1.54) is 0 Å². The molecule has 23 heteroatoms. The first-order valence-corrected chi connectivity index (χ1v) is 12.7. The van der Waals surface area contributed by atoms with Gasteiger partial charge in [-0.15, -0.1) is 0 Å². The number of rotatable bonds is 19. The Balaban J connectivity index is -0.000000256. The number of carbonyl (C=O) groups is 4. The molecule has 0 aromatic heterocycles. The van der Waals surface area contributed by atoms with E-state index in [9.17, 15) is 19.2 Å². The molecule has 0 aromatic carbocycles. The fourth-order valence-electron chi connectivity index (χ4n) is 2.27. The van der Waals surface area contributed by atoms with Gasteiger partial charge in [-0.05, 0) is 0 Å². The van der Waals surface area contributed by atoms with Crippen LogP contribution in [0.25, 0.3) is 0 Å². The van der Waals surface area contributed by atoms with Crippen molar-refractivity contribution in [1.29, 1.82) is 0 Å². The third kappa shape index (κ3) is 20.9. The first kappa shape index (κ1) is 50.8. The van der Waals surface area contributed by atoms with E-state index in [1.54, 1.807) is 0 Å². The maximum absolute atomic E-state index is 9.90. The molecular weight excluding hydrogens is 644 g/mol. The van der Waals surface area contributed by atoms with Crippen LogP contribution in [0.2, 0.25) is 0 Å². The van der Waals surface area contributed by atoms with Crippen LogP contribution in [0.5, 0.6) is 0 Å². The van der Waals surface area contributed by atoms with Crippen LogP contribution in [-0.2, 0) is 19.2 Å². The Labute approximate surface area is 260 Å². The molecule has 46 heavy (non-hydrogen) atoms. The molecule has 15 atom stereocenters. The molecule has 0 aliphatic rings. The van der Waals surface area contributed by atoms with Gasteiger partial charge in [-0.1, -0.05) is 0 Å². The lowest BCUT2D eigenvalue weighted by Gasteiger charge is -2.22. The Morgan fingerprint density at radius 2 is 0.435 bits per heavy atom. The minimum atomic E-state index is -1.79. The molecular formula is C23H46O23. The SMILES string of the molecule is O=C[C@@H](O)[C@H](O)[C@H](O)CO.O=C[C@H](O)[C@@H](O)[C@@H](O)[C@H](O)CO.O=C[C@H](O)[C@@H](O)[C@H](O)[C@H](O)CO.O=C[C@H](O)[C@H](O)[C@@H](O)[C@H](O)CO. The zero-order valence-electron chi connectivity index (χ0n) is 23.9. The van der Waals surface area contributed by atoms with E-state index < -0.39 is 118 Å². The molecule has 0 saturated carbocycles. The van der Waals surface area contributed by atoms with E-state index in [2.05, 4.69) is 0 Å². The summed E-state index contributed by atoms with van der Waals surface area (Å²) < 4.78 is 0. The monoisotopic (exact) mass is 690 g/mol. The van der Waals surface area contributed by atoms with E-state index in [0.717, 1.165) is 0 Å². The summed E-state index contributed by atoms with van der Waals surface area (Å²) in [5, 5.41) is 165. The largest absolute Gasteiger partial charge is 0.394 e. The molecule has 23 nitrogen and oxygen atoms in total. The molecule has 0 aliphatic heterocycles. The summed E-state index contributed by atoms with van der Waals surface area (Å²) in [7, 11) is 0. The summed E-state index contributed by atoms with van der Waals surface area (Å²) in [6, 6.07) is 0. The van der Waals surface area contributed by atoms with Crippen molar-refractivity contribution in [3.05, 3.63) is 0 Å². The van der Waals surface area contributed by atoms with Gasteiger partial charge >= 0.3 is 0 Å². The van der Waals surface area contributed by atoms with Crippen molar-refractivity contribution in [3.8, 4) is 0 Å². The number of hydrogen-bond acceptors (Lipinski definition) is 23.